The molecule has 0 atom stereocenters. The maximum Gasteiger partial charge on any atom is 0.246 e. The number of nitrogens with zero attached hydrogens (tertiary/aromatic N) is 2. The standard InChI is InChI=1S/C15H19FN2O4S/c1-22-14-5-3-12(11-13(14)16)4-6-15(19)17-7-9-18(10-8-17)23(2,20)21/h3-6,11H,7-10H2,1-2H3. The summed E-state index contributed by atoms with van der Waals surface area (Å²) in [5.74, 6) is -0.580. The van der Waals surface area contributed by atoms with Crippen LogP contribution in [-0.4, -0.2) is 63.1 Å². The van der Waals surface area contributed by atoms with E-state index in [0.29, 0.717) is 18.7 Å². The molecule has 0 N–H and O–H groups in total. The van der Waals surface area contributed by atoms with Gasteiger partial charge in [0.25, 0.3) is 0 Å². The zero-order valence-corrected chi connectivity index (χ0v) is 13.8. The summed E-state index contributed by atoms with van der Waals surface area (Å²) in [7, 11) is -1.84. The van der Waals surface area contributed by atoms with Gasteiger partial charge in [0.05, 0.1) is 13.4 Å². The molecule has 1 aliphatic rings. The molecule has 1 aromatic carbocycles. The second-order valence-electron chi connectivity index (χ2n) is 5.21. The van der Waals surface area contributed by atoms with E-state index in [1.54, 1.807) is 11.0 Å². The summed E-state index contributed by atoms with van der Waals surface area (Å²) in [5, 5.41) is 0. The van der Waals surface area contributed by atoms with Crippen molar-refractivity contribution in [2.75, 3.05) is 39.5 Å². The highest BCUT2D eigenvalue weighted by molar-refractivity contribution is 7.88. The summed E-state index contributed by atoms with van der Waals surface area (Å²) in [6, 6.07) is 4.42. The van der Waals surface area contributed by atoms with E-state index in [4.69, 9.17) is 4.74 Å². The minimum Gasteiger partial charge on any atom is -0.494 e. The Morgan fingerprint density at radius 3 is 2.43 bits per heavy atom. The molecule has 1 aromatic rings. The van der Waals surface area contributed by atoms with Gasteiger partial charge in [-0.3, -0.25) is 4.79 Å². The first-order valence-corrected chi connectivity index (χ1v) is 8.92. The highest BCUT2D eigenvalue weighted by Crippen LogP contribution is 2.18. The maximum atomic E-state index is 13.6. The number of rotatable bonds is 4. The Kier molecular flexibility index (Phi) is 5.38. The molecule has 6 nitrogen and oxygen atoms in total. The topological polar surface area (TPSA) is 66.9 Å². The Labute approximate surface area is 135 Å². The van der Waals surface area contributed by atoms with Gasteiger partial charge in [-0.15, -0.1) is 0 Å². The highest BCUT2D eigenvalue weighted by Gasteiger charge is 2.24. The molecule has 0 unspecified atom stereocenters. The SMILES string of the molecule is COc1ccc(C=CC(=O)N2CCN(S(C)(=O)=O)CC2)cc1F. The number of carbonyl (C=O) groups is 1. The zero-order valence-electron chi connectivity index (χ0n) is 13.0. The Bertz CT molecular complexity index is 710. The number of amides is 1. The highest BCUT2D eigenvalue weighted by atomic mass is 32.2. The maximum absolute atomic E-state index is 13.6. The number of hydrogen-bond donors (Lipinski definition) is 0. The van der Waals surface area contributed by atoms with Gasteiger partial charge in [-0.25, -0.2) is 12.8 Å². The molecule has 1 aliphatic heterocycles. The van der Waals surface area contributed by atoms with E-state index in [9.17, 15) is 17.6 Å². The molecule has 8 heteroatoms. The first kappa shape index (κ1) is 17.4. The molecule has 126 valence electrons. The second kappa shape index (κ2) is 7.10. The predicted octanol–water partition coefficient (Wildman–Crippen LogP) is 0.951. The van der Waals surface area contributed by atoms with Crippen molar-refractivity contribution in [3.8, 4) is 5.75 Å². The summed E-state index contributed by atoms with van der Waals surface area (Å²) < 4.78 is 42.6. The third-order valence-electron chi connectivity index (χ3n) is 3.61. The summed E-state index contributed by atoms with van der Waals surface area (Å²) in [4.78, 5) is 13.7. The molecule has 1 saturated heterocycles. The van der Waals surface area contributed by atoms with Crippen molar-refractivity contribution in [3.05, 3.63) is 35.7 Å². The molecule has 0 bridgehead atoms. The van der Waals surface area contributed by atoms with Gasteiger partial charge in [0.1, 0.15) is 0 Å². The van der Waals surface area contributed by atoms with Gasteiger partial charge in [-0.2, -0.15) is 4.31 Å². The number of methoxy groups -OCH3 is 1. The van der Waals surface area contributed by atoms with E-state index in [1.807, 2.05) is 0 Å². The molecular weight excluding hydrogens is 323 g/mol. The van der Waals surface area contributed by atoms with Crippen LogP contribution in [0.5, 0.6) is 5.75 Å². The van der Waals surface area contributed by atoms with E-state index in [2.05, 4.69) is 0 Å². The van der Waals surface area contributed by atoms with Crippen LogP contribution in [-0.2, 0) is 14.8 Å². The summed E-state index contributed by atoms with van der Waals surface area (Å²) >= 11 is 0. The van der Waals surface area contributed by atoms with Crippen molar-refractivity contribution < 1.29 is 22.3 Å². The van der Waals surface area contributed by atoms with Crippen LogP contribution < -0.4 is 4.74 Å². The van der Waals surface area contributed by atoms with Gasteiger partial charge in [-0.1, -0.05) is 6.07 Å². The molecule has 0 spiro atoms. The molecule has 0 radical (unpaired) electrons. The van der Waals surface area contributed by atoms with Crippen LogP contribution in [0.3, 0.4) is 0 Å². The fourth-order valence-electron chi connectivity index (χ4n) is 2.30. The summed E-state index contributed by atoms with van der Waals surface area (Å²) in [6.07, 6.45) is 4.04. The van der Waals surface area contributed by atoms with E-state index >= 15 is 0 Å². The molecule has 0 saturated carbocycles. The minimum atomic E-state index is -3.22. The van der Waals surface area contributed by atoms with Gasteiger partial charge in [-0.05, 0) is 23.8 Å². The molecule has 2 rings (SSSR count). The van der Waals surface area contributed by atoms with Crippen molar-refractivity contribution in [2.24, 2.45) is 0 Å². The Hall–Kier alpha value is -1.93. The lowest BCUT2D eigenvalue weighted by molar-refractivity contribution is -0.127. The quantitative estimate of drug-likeness (QED) is 0.764. The smallest absolute Gasteiger partial charge is 0.246 e. The molecular formula is C15H19FN2O4S. The van der Waals surface area contributed by atoms with Crippen LogP contribution in [0.2, 0.25) is 0 Å². The number of sulfonamides is 1. The molecule has 1 heterocycles. The average Bonchev–Trinajstić information content (AvgIpc) is 2.52. The van der Waals surface area contributed by atoms with Gasteiger partial charge in [0.2, 0.25) is 15.9 Å². The average molecular weight is 342 g/mol. The summed E-state index contributed by atoms with van der Waals surface area (Å²) in [5.41, 5.74) is 0.548. The van der Waals surface area contributed by atoms with Gasteiger partial charge in [0, 0.05) is 32.3 Å². The lowest BCUT2D eigenvalue weighted by Gasteiger charge is -2.32. The van der Waals surface area contributed by atoms with Crippen LogP contribution in [0.25, 0.3) is 6.08 Å². The van der Waals surface area contributed by atoms with Crippen molar-refractivity contribution >= 4 is 22.0 Å². The van der Waals surface area contributed by atoms with E-state index < -0.39 is 15.8 Å². The molecule has 0 aromatic heterocycles. The van der Waals surface area contributed by atoms with Crippen molar-refractivity contribution in [2.45, 2.75) is 0 Å². The zero-order chi connectivity index (χ0) is 17.0. The van der Waals surface area contributed by atoms with Crippen LogP contribution >= 0.6 is 0 Å². The normalized spacial score (nSPS) is 16.7. The Morgan fingerprint density at radius 2 is 1.91 bits per heavy atom. The molecule has 0 aliphatic carbocycles. The third kappa shape index (κ3) is 4.52. The van der Waals surface area contributed by atoms with E-state index in [0.717, 1.165) is 6.26 Å². The number of piperazine rings is 1. The molecule has 23 heavy (non-hydrogen) atoms. The van der Waals surface area contributed by atoms with Crippen molar-refractivity contribution in [3.63, 3.8) is 0 Å². The first-order chi connectivity index (χ1) is 10.8. The third-order valence-corrected chi connectivity index (χ3v) is 4.92. The monoisotopic (exact) mass is 342 g/mol. The van der Waals surface area contributed by atoms with Crippen molar-refractivity contribution in [1.82, 2.24) is 9.21 Å². The van der Waals surface area contributed by atoms with Crippen LogP contribution in [0.15, 0.2) is 24.3 Å². The lowest BCUT2D eigenvalue weighted by atomic mass is 10.2. The van der Waals surface area contributed by atoms with Crippen LogP contribution in [0.4, 0.5) is 4.39 Å². The molecule has 1 fully saturated rings. The van der Waals surface area contributed by atoms with Crippen LogP contribution in [0, 0.1) is 5.82 Å². The number of ether oxygens (including phenoxy) is 1. The summed E-state index contributed by atoms with van der Waals surface area (Å²) in [6.45, 7) is 1.26. The van der Waals surface area contributed by atoms with E-state index in [1.165, 1.54) is 35.7 Å². The first-order valence-electron chi connectivity index (χ1n) is 7.07. The fourth-order valence-corrected chi connectivity index (χ4v) is 3.13. The largest absolute Gasteiger partial charge is 0.494 e. The predicted molar refractivity (Wildman–Crippen MR) is 85.0 cm³/mol. The van der Waals surface area contributed by atoms with Gasteiger partial charge in [0.15, 0.2) is 11.6 Å². The van der Waals surface area contributed by atoms with E-state index in [-0.39, 0.29) is 24.7 Å². The fraction of sp³-hybridized carbons (Fsp3) is 0.400. The minimum absolute atomic E-state index is 0.144. The number of benzene rings is 1. The molecule has 1 amide bonds. The Balaban J connectivity index is 1.96. The van der Waals surface area contributed by atoms with Gasteiger partial charge >= 0.3 is 0 Å². The lowest BCUT2D eigenvalue weighted by Crippen LogP contribution is -2.49. The second-order valence-corrected chi connectivity index (χ2v) is 7.20. The number of halogens is 1. The Morgan fingerprint density at radius 1 is 1.26 bits per heavy atom. The van der Waals surface area contributed by atoms with Crippen molar-refractivity contribution in [1.29, 1.82) is 0 Å². The van der Waals surface area contributed by atoms with Gasteiger partial charge < -0.3 is 9.64 Å². The van der Waals surface area contributed by atoms with Crippen LogP contribution in [0.1, 0.15) is 5.56 Å². The number of hydrogen-bond acceptors (Lipinski definition) is 4. The number of carbonyl (C=O) groups excluding carboxylic acids is 1.